The van der Waals surface area contributed by atoms with Gasteiger partial charge in [0, 0.05) is 35.4 Å². The van der Waals surface area contributed by atoms with Gasteiger partial charge in [0.15, 0.2) is 6.29 Å². The van der Waals surface area contributed by atoms with Crippen LogP contribution in [0.1, 0.15) is 31.2 Å². The van der Waals surface area contributed by atoms with Crippen molar-refractivity contribution in [3.63, 3.8) is 0 Å². The molecule has 0 aliphatic heterocycles. The molecular weight excluding hydrogens is 363 g/mol. The maximum atomic E-state index is 10.9. The van der Waals surface area contributed by atoms with Gasteiger partial charge in [-0.2, -0.15) is 0 Å². The van der Waals surface area contributed by atoms with Crippen LogP contribution in [-0.4, -0.2) is 11.4 Å². The molecule has 3 heteroatoms. The van der Waals surface area contributed by atoms with Gasteiger partial charge in [-0.15, -0.1) is 0 Å². The molecule has 1 N–H and O–H groups in total. The first-order chi connectivity index (χ1) is 9.76. The lowest BCUT2D eigenvalue weighted by atomic mass is 10.1. The molecule has 0 fully saturated rings. The second-order valence-corrected chi connectivity index (χ2v) is 4.63. The number of phenols is 1. The van der Waals surface area contributed by atoms with Crippen LogP contribution < -0.4 is 0 Å². The summed E-state index contributed by atoms with van der Waals surface area (Å²) in [7, 11) is 0. The van der Waals surface area contributed by atoms with E-state index in [2.05, 4.69) is 21.7 Å². The first-order valence-electron chi connectivity index (χ1n) is 6.29. The largest absolute Gasteiger partial charge is 0.508 e. The summed E-state index contributed by atoms with van der Waals surface area (Å²) in [4.78, 5) is 10.9. The third-order valence-electron chi connectivity index (χ3n) is 2.50. The lowest BCUT2D eigenvalue weighted by Crippen LogP contribution is -1.81. The predicted molar refractivity (Wildman–Crippen MR) is 90.2 cm³/mol. The van der Waals surface area contributed by atoms with Crippen LogP contribution in [0.3, 0.4) is 0 Å². The summed E-state index contributed by atoms with van der Waals surface area (Å²) < 4.78 is 2.83. The monoisotopic (exact) mass is 378 g/mol. The fourth-order valence-electron chi connectivity index (χ4n) is 1.49. The van der Waals surface area contributed by atoms with Crippen LogP contribution in [0.4, 0.5) is 0 Å². The summed E-state index contributed by atoms with van der Waals surface area (Å²) in [6.07, 6.45) is 6.15. The van der Waals surface area contributed by atoms with Gasteiger partial charge in [0.2, 0.25) is 0 Å². The zero-order chi connectivity index (χ0) is 14.6. The highest BCUT2D eigenvalue weighted by Gasteiger charge is 1.93. The molecule has 102 valence electrons. The van der Waals surface area contributed by atoms with Crippen LogP contribution in [0, 0.1) is 21.7 Å². The molecule has 0 radical (unpaired) electrons. The minimum atomic E-state index is 0.204. The first kappa shape index (κ1) is 16.3. The molecule has 0 saturated heterocycles. The van der Waals surface area contributed by atoms with Crippen molar-refractivity contribution < 1.29 is 9.90 Å². The van der Waals surface area contributed by atoms with E-state index in [-0.39, 0.29) is 5.75 Å². The normalized spacial score (nSPS) is 9.95. The summed E-state index contributed by atoms with van der Waals surface area (Å²) in [6.45, 7) is 0. The molecule has 0 aliphatic carbocycles. The average molecular weight is 378 g/mol. The van der Waals surface area contributed by atoms with E-state index in [1.54, 1.807) is 30.3 Å². The Balaban J connectivity index is 2.52. The molecule has 1 aromatic rings. The van der Waals surface area contributed by atoms with Crippen molar-refractivity contribution in [3.05, 3.63) is 35.4 Å². The SMILES string of the molecule is O=CC(C#CCCCCC#CI)=Cc1ccc(O)cc1. The molecule has 0 heterocycles. The van der Waals surface area contributed by atoms with Crippen LogP contribution in [0.5, 0.6) is 5.75 Å². The summed E-state index contributed by atoms with van der Waals surface area (Å²) in [5.41, 5.74) is 1.29. The lowest BCUT2D eigenvalue weighted by Gasteiger charge is -1.94. The Morgan fingerprint density at radius 3 is 2.40 bits per heavy atom. The summed E-state index contributed by atoms with van der Waals surface area (Å²) in [5.74, 6) is 9.06. The molecule has 0 aromatic heterocycles. The summed E-state index contributed by atoms with van der Waals surface area (Å²) in [5, 5.41) is 9.18. The predicted octanol–water partition coefficient (Wildman–Crippen LogP) is 3.93. The van der Waals surface area contributed by atoms with Gasteiger partial charge in [-0.3, -0.25) is 4.79 Å². The van der Waals surface area contributed by atoms with E-state index in [4.69, 9.17) is 0 Å². The van der Waals surface area contributed by atoms with Gasteiger partial charge >= 0.3 is 0 Å². The molecule has 2 nitrogen and oxygen atoms in total. The van der Waals surface area contributed by atoms with E-state index in [0.29, 0.717) is 5.57 Å². The molecule has 0 bridgehead atoms. The van der Waals surface area contributed by atoms with Crippen molar-refractivity contribution >= 4 is 35.0 Å². The Kier molecular flexibility index (Phi) is 8.26. The number of aromatic hydroxyl groups is 1. The number of carbonyl (C=O) groups excluding carboxylic acids is 1. The minimum absolute atomic E-state index is 0.204. The fourth-order valence-corrected chi connectivity index (χ4v) is 1.76. The van der Waals surface area contributed by atoms with Crippen LogP contribution in [0.2, 0.25) is 0 Å². The number of benzene rings is 1. The summed E-state index contributed by atoms with van der Waals surface area (Å²) >= 11 is 2.03. The number of hydrogen-bond donors (Lipinski definition) is 1. The first-order valence-corrected chi connectivity index (χ1v) is 7.37. The molecule has 0 atom stereocenters. The highest BCUT2D eigenvalue weighted by Crippen LogP contribution is 2.12. The van der Waals surface area contributed by atoms with E-state index in [9.17, 15) is 9.90 Å². The molecule has 0 spiro atoms. The van der Waals surface area contributed by atoms with E-state index >= 15 is 0 Å². The second kappa shape index (κ2) is 10.1. The Morgan fingerprint density at radius 1 is 1.15 bits per heavy atom. The lowest BCUT2D eigenvalue weighted by molar-refractivity contribution is -0.104. The van der Waals surface area contributed by atoms with Gasteiger partial charge in [-0.1, -0.05) is 29.9 Å². The average Bonchev–Trinajstić information content (AvgIpc) is 2.47. The van der Waals surface area contributed by atoms with Gasteiger partial charge in [0.25, 0.3) is 0 Å². The van der Waals surface area contributed by atoms with E-state index in [1.807, 2.05) is 22.6 Å². The third kappa shape index (κ3) is 7.01. The minimum Gasteiger partial charge on any atom is -0.508 e. The Hall–Kier alpha value is -1.72. The fraction of sp³-hybridized carbons (Fsp3) is 0.235. The molecule has 1 aromatic carbocycles. The number of aldehydes is 1. The smallest absolute Gasteiger partial charge is 0.158 e. The molecule has 0 unspecified atom stereocenters. The molecule has 1 rings (SSSR count). The number of rotatable bonds is 5. The van der Waals surface area contributed by atoms with Crippen LogP contribution >= 0.6 is 22.6 Å². The topological polar surface area (TPSA) is 37.3 Å². The zero-order valence-electron chi connectivity index (χ0n) is 11.0. The summed E-state index contributed by atoms with van der Waals surface area (Å²) in [6, 6.07) is 6.64. The van der Waals surface area contributed by atoms with Crippen LogP contribution in [0.25, 0.3) is 6.08 Å². The highest BCUT2D eigenvalue weighted by molar-refractivity contribution is 14.1. The molecule has 0 amide bonds. The number of allylic oxidation sites excluding steroid dienone is 1. The highest BCUT2D eigenvalue weighted by atomic mass is 127. The van der Waals surface area contributed by atoms with Gasteiger partial charge in [-0.05, 0) is 40.5 Å². The quantitative estimate of drug-likeness (QED) is 0.277. The maximum Gasteiger partial charge on any atom is 0.158 e. The standard InChI is InChI=1S/C17H15IO2/c18-12-6-4-2-1-3-5-7-16(14-19)13-15-8-10-17(20)11-9-15/h8-11,13-14,20H,1-4H2. The van der Waals surface area contributed by atoms with Crippen molar-refractivity contribution in [1.29, 1.82) is 0 Å². The number of unbranched alkanes of at least 4 members (excludes halogenated alkanes) is 3. The van der Waals surface area contributed by atoms with Gasteiger partial charge < -0.3 is 5.11 Å². The van der Waals surface area contributed by atoms with Crippen molar-refractivity contribution in [2.24, 2.45) is 0 Å². The second-order valence-electron chi connectivity index (χ2n) is 4.09. The Morgan fingerprint density at radius 2 is 1.80 bits per heavy atom. The molecule has 0 saturated carbocycles. The van der Waals surface area contributed by atoms with E-state index in [1.165, 1.54) is 0 Å². The van der Waals surface area contributed by atoms with Crippen molar-refractivity contribution in [2.45, 2.75) is 25.7 Å². The van der Waals surface area contributed by atoms with E-state index < -0.39 is 0 Å². The Labute approximate surface area is 133 Å². The van der Waals surface area contributed by atoms with E-state index in [0.717, 1.165) is 37.5 Å². The number of halogens is 1. The number of phenolic OH excluding ortho intramolecular Hbond substituents is 1. The molecular formula is C17H15IO2. The van der Waals surface area contributed by atoms with Crippen molar-refractivity contribution in [1.82, 2.24) is 0 Å². The van der Waals surface area contributed by atoms with Gasteiger partial charge in [0.05, 0.1) is 5.57 Å². The van der Waals surface area contributed by atoms with Gasteiger partial charge in [-0.25, -0.2) is 0 Å². The van der Waals surface area contributed by atoms with Crippen molar-refractivity contribution in [2.75, 3.05) is 0 Å². The van der Waals surface area contributed by atoms with Gasteiger partial charge in [0.1, 0.15) is 5.75 Å². The van der Waals surface area contributed by atoms with Crippen LogP contribution in [0.15, 0.2) is 29.8 Å². The zero-order valence-corrected chi connectivity index (χ0v) is 13.2. The molecule has 20 heavy (non-hydrogen) atoms. The third-order valence-corrected chi connectivity index (χ3v) is 2.88. The Bertz CT molecular complexity index is 577. The molecule has 0 aliphatic rings. The number of hydrogen-bond acceptors (Lipinski definition) is 2. The van der Waals surface area contributed by atoms with Crippen LogP contribution in [-0.2, 0) is 4.79 Å². The maximum absolute atomic E-state index is 10.9. The van der Waals surface area contributed by atoms with Crippen molar-refractivity contribution in [3.8, 4) is 27.4 Å². The number of carbonyl (C=O) groups is 1.